The van der Waals surface area contributed by atoms with Crippen molar-refractivity contribution in [1.82, 2.24) is 5.32 Å². The van der Waals surface area contributed by atoms with E-state index in [2.05, 4.69) is 12.2 Å². The van der Waals surface area contributed by atoms with Crippen molar-refractivity contribution >= 4 is 35.3 Å². The van der Waals surface area contributed by atoms with Crippen molar-refractivity contribution in [2.24, 2.45) is 0 Å². The SMILES string of the molecule is CCCCOc1ccc(C(C)NC(=O)c2ccc3c(c2)N(C)C(=O)C(=Cc2ccccc2C)S3)cc1. The molecule has 0 aromatic heterocycles. The van der Waals surface area contributed by atoms with Gasteiger partial charge in [0.2, 0.25) is 0 Å². The molecule has 0 saturated carbocycles. The number of fused-ring (bicyclic) bond motifs is 1. The Bertz CT molecular complexity index is 1280. The lowest BCUT2D eigenvalue weighted by Gasteiger charge is -2.27. The molecule has 1 atom stereocenters. The molecule has 36 heavy (non-hydrogen) atoms. The zero-order valence-electron chi connectivity index (χ0n) is 21.2. The monoisotopic (exact) mass is 500 g/mol. The quantitative estimate of drug-likeness (QED) is 0.274. The first-order chi connectivity index (χ1) is 17.4. The van der Waals surface area contributed by atoms with E-state index in [1.54, 1.807) is 18.0 Å². The average Bonchev–Trinajstić information content (AvgIpc) is 2.88. The highest BCUT2D eigenvalue weighted by Crippen LogP contribution is 2.42. The van der Waals surface area contributed by atoms with Crippen molar-refractivity contribution in [3.63, 3.8) is 0 Å². The van der Waals surface area contributed by atoms with Crippen LogP contribution >= 0.6 is 11.8 Å². The van der Waals surface area contributed by atoms with Gasteiger partial charge in [0.05, 0.1) is 23.2 Å². The van der Waals surface area contributed by atoms with E-state index in [1.165, 1.54) is 11.8 Å². The number of unbranched alkanes of at least 4 members (excludes halogenated alkanes) is 1. The number of carbonyl (C=O) groups excluding carboxylic acids is 2. The molecule has 1 N–H and O–H groups in total. The minimum Gasteiger partial charge on any atom is -0.494 e. The third-order valence-corrected chi connectivity index (χ3v) is 7.36. The molecule has 0 fully saturated rings. The second-order valence-electron chi connectivity index (χ2n) is 8.98. The van der Waals surface area contributed by atoms with Gasteiger partial charge in [0.15, 0.2) is 0 Å². The standard InChI is InChI=1S/C30H32N2O3S/c1-5-6-17-35-25-14-11-22(12-15-25)21(3)31-29(33)24-13-16-27-26(18-24)32(4)30(34)28(36-27)19-23-10-8-7-9-20(23)2/h7-16,18-19,21H,5-6,17H2,1-4H3,(H,31,33). The van der Waals surface area contributed by atoms with Crippen LogP contribution in [0.4, 0.5) is 5.69 Å². The van der Waals surface area contributed by atoms with Gasteiger partial charge in [-0.05, 0) is 73.4 Å². The normalized spacial score (nSPS) is 14.9. The number of hydrogen-bond donors (Lipinski definition) is 1. The number of amides is 2. The van der Waals surface area contributed by atoms with Gasteiger partial charge in [-0.1, -0.05) is 61.5 Å². The van der Waals surface area contributed by atoms with E-state index in [9.17, 15) is 9.59 Å². The Balaban J connectivity index is 1.46. The number of benzene rings is 3. The van der Waals surface area contributed by atoms with E-state index in [1.807, 2.05) is 80.6 Å². The highest BCUT2D eigenvalue weighted by Gasteiger charge is 2.27. The van der Waals surface area contributed by atoms with Crippen molar-refractivity contribution in [2.45, 2.75) is 44.6 Å². The van der Waals surface area contributed by atoms with Gasteiger partial charge in [-0.25, -0.2) is 0 Å². The summed E-state index contributed by atoms with van der Waals surface area (Å²) in [6, 6.07) is 21.2. The van der Waals surface area contributed by atoms with Crippen LogP contribution < -0.4 is 15.0 Å². The van der Waals surface area contributed by atoms with Crippen molar-refractivity contribution in [3.05, 3.63) is 93.9 Å². The lowest BCUT2D eigenvalue weighted by molar-refractivity contribution is -0.114. The zero-order chi connectivity index (χ0) is 25.7. The van der Waals surface area contributed by atoms with Gasteiger partial charge in [-0.3, -0.25) is 9.59 Å². The smallest absolute Gasteiger partial charge is 0.264 e. The van der Waals surface area contributed by atoms with E-state index in [0.717, 1.165) is 45.9 Å². The molecule has 6 heteroatoms. The zero-order valence-corrected chi connectivity index (χ0v) is 22.0. The number of anilines is 1. The number of aryl methyl sites for hydroxylation is 1. The summed E-state index contributed by atoms with van der Waals surface area (Å²) in [4.78, 5) is 29.3. The molecule has 1 heterocycles. The molecule has 1 unspecified atom stereocenters. The Morgan fingerprint density at radius 2 is 1.86 bits per heavy atom. The largest absolute Gasteiger partial charge is 0.494 e. The maximum absolute atomic E-state index is 13.1. The topological polar surface area (TPSA) is 58.6 Å². The van der Waals surface area contributed by atoms with Crippen LogP contribution in [0.25, 0.3) is 6.08 Å². The number of rotatable bonds is 8. The number of hydrogen-bond acceptors (Lipinski definition) is 4. The van der Waals surface area contributed by atoms with Crippen LogP contribution in [0.1, 0.15) is 59.8 Å². The van der Waals surface area contributed by atoms with Crippen molar-refractivity contribution < 1.29 is 14.3 Å². The van der Waals surface area contributed by atoms with Gasteiger partial charge in [0, 0.05) is 17.5 Å². The Morgan fingerprint density at radius 3 is 2.58 bits per heavy atom. The molecule has 3 aromatic rings. The molecule has 3 aromatic carbocycles. The van der Waals surface area contributed by atoms with Crippen LogP contribution in [-0.2, 0) is 4.79 Å². The van der Waals surface area contributed by atoms with Gasteiger partial charge >= 0.3 is 0 Å². The summed E-state index contributed by atoms with van der Waals surface area (Å²) in [5, 5.41) is 3.06. The van der Waals surface area contributed by atoms with Crippen molar-refractivity contribution in [1.29, 1.82) is 0 Å². The minimum absolute atomic E-state index is 0.0806. The Morgan fingerprint density at radius 1 is 1.11 bits per heavy atom. The fourth-order valence-corrected chi connectivity index (χ4v) is 5.06. The van der Waals surface area contributed by atoms with Crippen LogP contribution in [-0.4, -0.2) is 25.5 Å². The van der Waals surface area contributed by atoms with Crippen molar-refractivity contribution in [2.75, 3.05) is 18.6 Å². The number of ether oxygens (including phenoxy) is 1. The maximum Gasteiger partial charge on any atom is 0.264 e. The third-order valence-electron chi connectivity index (χ3n) is 6.29. The Kier molecular flexibility index (Phi) is 8.16. The summed E-state index contributed by atoms with van der Waals surface area (Å²) in [7, 11) is 1.75. The lowest BCUT2D eigenvalue weighted by atomic mass is 10.1. The van der Waals surface area contributed by atoms with E-state index in [4.69, 9.17) is 4.74 Å². The number of nitrogens with one attached hydrogen (secondary N) is 1. The van der Waals surface area contributed by atoms with Crippen LogP contribution in [0.3, 0.4) is 0 Å². The first kappa shape index (κ1) is 25.6. The summed E-state index contributed by atoms with van der Waals surface area (Å²) < 4.78 is 5.72. The molecule has 0 spiro atoms. The predicted octanol–water partition coefficient (Wildman–Crippen LogP) is 6.77. The third kappa shape index (κ3) is 5.82. The molecular weight excluding hydrogens is 468 g/mol. The van der Waals surface area contributed by atoms with E-state index in [0.29, 0.717) is 17.1 Å². The summed E-state index contributed by atoms with van der Waals surface area (Å²) >= 11 is 1.44. The molecule has 0 radical (unpaired) electrons. The van der Waals surface area contributed by atoms with Gasteiger partial charge in [-0.2, -0.15) is 0 Å². The van der Waals surface area contributed by atoms with E-state index < -0.39 is 0 Å². The van der Waals surface area contributed by atoms with E-state index in [-0.39, 0.29) is 17.9 Å². The van der Waals surface area contributed by atoms with Gasteiger partial charge in [-0.15, -0.1) is 0 Å². The van der Waals surface area contributed by atoms with E-state index >= 15 is 0 Å². The van der Waals surface area contributed by atoms with Gasteiger partial charge < -0.3 is 15.0 Å². The number of carbonyl (C=O) groups is 2. The first-order valence-corrected chi connectivity index (χ1v) is 13.1. The molecule has 186 valence electrons. The molecule has 5 nitrogen and oxygen atoms in total. The highest BCUT2D eigenvalue weighted by molar-refractivity contribution is 8.04. The maximum atomic E-state index is 13.1. The van der Waals surface area contributed by atoms with Gasteiger partial charge in [0.1, 0.15) is 5.75 Å². The molecule has 0 aliphatic carbocycles. The van der Waals surface area contributed by atoms with Crippen LogP contribution in [0.2, 0.25) is 0 Å². The summed E-state index contributed by atoms with van der Waals surface area (Å²) in [6.07, 6.45) is 4.06. The first-order valence-electron chi connectivity index (χ1n) is 12.3. The number of nitrogens with zero attached hydrogens (tertiary/aromatic N) is 1. The fourth-order valence-electron chi connectivity index (χ4n) is 3.98. The van der Waals surface area contributed by atoms with Crippen LogP contribution in [0, 0.1) is 6.92 Å². The molecular formula is C30H32N2O3S. The number of likely N-dealkylation sites (N-methyl/N-ethyl adjacent to an activating group) is 1. The second kappa shape index (κ2) is 11.5. The summed E-state index contributed by atoms with van der Waals surface area (Å²) in [5.74, 6) is 0.574. The van der Waals surface area contributed by atoms with Crippen LogP contribution in [0.5, 0.6) is 5.75 Å². The summed E-state index contributed by atoms with van der Waals surface area (Å²) in [5.41, 5.74) is 4.40. The predicted molar refractivity (Wildman–Crippen MR) is 148 cm³/mol. The van der Waals surface area contributed by atoms with Crippen molar-refractivity contribution in [3.8, 4) is 5.75 Å². The van der Waals surface area contributed by atoms with Crippen LogP contribution in [0.15, 0.2) is 76.5 Å². The fraction of sp³-hybridized carbons (Fsp3) is 0.267. The average molecular weight is 501 g/mol. The lowest BCUT2D eigenvalue weighted by Crippen LogP contribution is -2.31. The van der Waals surface area contributed by atoms with Gasteiger partial charge in [0.25, 0.3) is 11.8 Å². The number of thioether (sulfide) groups is 1. The molecule has 1 aliphatic heterocycles. The highest BCUT2D eigenvalue weighted by atomic mass is 32.2. The second-order valence-corrected chi connectivity index (χ2v) is 10.1. The Hall–Kier alpha value is -3.51. The molecule has 1 aliphatic rings. The minimum atomic E-state index is -0.180. The molecule has 0 bridgehead atoms. The summed E-state index contributed by atoms with van der Waals surface area (Å²) in [6.45, 7) is 6.83. The molecule has 0 saturated heterocycles. The molecule has 4 rings (SSSR count). The molecule has 2 amide bonds. The Labute approximate surface area is 217 Å².